The highest BCUT2D eigenvalue weighted by Crippen LogP contribution is 2.23. The van der Waals surface area contributed by atoms with Gasteiger partial charge < -0.3 is 10.4 Å². The molecule has 0 radical (unpaired) electrons. The third-order valence-corrected chi connectivity index (χ3v) is 3.09. The Morgan fingerprint density at radius 1 is 1.50 bits per heavy atom. The molecular weight excluding hydrogens is 256 g/mol. The molecule has 0 aliphatic heterocycles. The minimum atomic E-state index is -0.473. The van der Waals surface area contributed by atoms with Gasteiger partial charge in [0.15, 0.2) is 0 Å². The average molecular weight is 273 g/mol. The van der Waals surface area contributed by atoms with E-state index in [1.807, 2.05) is 13.8 Å². The summed E-state index contributed by atoms with van der Waals surface area (Å²) in [4.78, 5) is 10.1. The largest absolute Gasteiger partial charge is 0.396 e. The first kappa shape index (κ1) is 14.9. The summed E-state index contributed by atoms with van der Waals surface area (Å²) in [5, 5.41) is 23.1. The lowest BCUT2D eigenvalue weighted by Gasteiger charge is -2.25. The summed E-state index contributed by atoms with van der Waals surface area (Å²) in [5.74, 6) is 0. The molecule has 0 amide bonds. The van der Waals surface area contributed by atoms with Crippen LogP contribution in [-0.4, -0.2) is 22.2 Å². The number of non-ortho nitro benzene ring substituents is 1. The molecule has 1 aromatic rings. The minimum absolute atomic E-state index is 0.0154. The van der Waals surface area contributed by atoms with Crippen molar-refractivity contribution in [2.75, 3.05) is 6.61 Å². The van der Waals surface area contributed by atoms with Gasteiger partial charge in [0.1, 0.15) is 0 Å². The van der Waals surface area contributed by atoms with Crippen molar-refractivity contribution in [1.82, 2.24) is 5.32 Å². The Hall–Kier alpha value is -1.17. The van der Waals surface area contributed by atoms with Gasteiger partial charge in [-0.25, -0.2) is 0 Å². The number of halogens is 1. The second-order valence-electron chi connectivity index (χ2n) is 4.74. The highest BCUT2D eigenvalue weighted by molar-refractivity contribution is 6.31. The zero-order valence-electron chi connectivity index (χ0n) is 10.4. The highest BCUT2D eigenvalue weighted by atomic mass is 35.5. The Kier molecular flexibility index (Phi) is 5.07. The zero-order chi connectivity index (χ0) is 13.8. The smallest absolute Gasteiger partial charge is 0.270 e. The van der Waals surface area contributed by atoms with E-state index in [4.69, 9.17) is 16.7 Å². The van der Waals surface area contributed by atoms with Gasteiger partial charge in [-0.3, -0.25) is 10.1 Å². The Bertz CT molecular complexity index is 435. The zero-order valence-corrected chi connectivity index (χ0v) is 11.2. The number of aliphatic hydroxyl groups is 1. The molecule has 0 heterocycles. The third kappa shape index (κ3) is 4.25. The Labute approximate surface area is 111 Å². The number of nitrogens with zero attached hydrogens (tertiary/aromatic N) is 1. The molecule has 1 rings (SSSR count). The summed E-state index contributed by atoms with van der Waals surface area (Å²) in [5.41, 5.74) is 0.575. The lowest BCUT2D eigenvalue weighted by Crippen LogP contribution is -2.39. The molecule has 100 valence electrons. The number of nitro groups is 1. The predicted octanol–water partition coefficient (Wildman–Crippen LogP) is 2.50. The number of rotatable bonds is 6. The molecule has 18 heavy (non-hydrogen) atoms. The van der Waals surface area contributed by atoms with Crippen LogP contribution in [0.5, 0.6) is 0 Å². The summed E-state index contributed by atoms with van der Waals surface area (Å²) < 4.78 is 0. The van der Waals surface area contributed by atoms with E-state index < -0.39 is 4.92 Å². The van der Waals surface area contributed by atoms with Crippen LogP contribution in [-0.2, 0) is 6.54 Å². The topological polar surface area (TPSA) is 75.4 Å². The molecule has 0 bridgehead atoms. The standard InChI is InChI=1S/C12H17ClN2O3/c1-12(2,5-6-16)14-8-9-3-4-10(15(17)18)7-11(9)13/h3-4,7,14,16H,5-6,8H2,1-2H3. The number of aliphatic hydroxyl groups excluding tert-OH is 1. The maximum atomic E-state index is 10.6. The second kappa shape index (κ2) is 6.13. The van der Waals surface area contributed by atoms with E-state index in [0.717, 1.165) is 5.56 Å². The van der Waals surface area contributed by atoms with Crippen LogP contribution in [0.4, 0.5) is 5.69 Å². The van der Waals surface area contributed by atoms with Crippen molar-refractivity contribution < 1.29 is 10.0 Å². The van der Waals surface area contributed by atoms with Crippen molar-refractivity contribution in [3.8, 4) is 0 Å². The Morgan fingerprint density at radius 3 is 2.67 bits per heavy atom. The monoisotopic (exact) mass is 272 g/mol. The highest BCUT2D eigenvalue weighted by Gasteiger charge is 2.17. The SMILES string of the molecule is CC(C)(CCO)NCc1ccc([N+](=O)[O-])cc1Cl. The van der Waals surface area contributed by atoms with Crippen molar-refractivity contribution >= 4 is 17.3 Å². The van der Waals surface area contributed by atoms with Crippen LogP contribution in [0, 0.1) is 10.1 Å². The van der Waals surface area contributed by atoms with Gasteiger partial charge in [-0.1, -0.05) is 11.6 Å². The van der Waals surface area contributed by atoms with E-state index >= 15 is 0 Å². The molecule has 0 atom stereocenters. The van der Waals surface area contributed by atoms with E-state index in [-0.39, 0.29) is 17.8 Å². The van der Waals surface area contributed by atoms with Gasteiger partial charge >= 0.3 is 0 Å². The Balaban J connectivity index is 2.71. The molecule has 0 aliphatic carbocycles. The molecule has 0 fully saturated rings. The summed E-state index contributed by atoms with van der Waals surface area (Å²) in [6.45, 7) is 4.56. The molecule has 0 saturated carbocycles. The number of nitro benzene ring substituents is 1. The molecule has 0 saturated heterocycles. The number of hydrogen-bond acceptors (Lipinski definition) is 4. The van der Waals surface area contributed by atoms with Gasteiger partial charge in [0.2, 0.25) is 0 Å². The van der Waals surface area contributed by atoms with Crippen molar-refractivity contribution in [2.45, 2.75) is 32.4 Å². The number of benzene rings is 1. The third-order valence-electron chi connectivity index (χ3n) is 2.74. The fourth-order valence-corrected chi connectivity index (χ4v) is 1.74. The maximum absolute atomic E-state index is 10.6. The van der Waals surface area contributed by atoms with Crippen LogP contribution in [0.25, 0.3) is 0 Å². The number of nitrogens with one attached hydrogen (secondary N) is 1. The predicted molar refractivity (Wildman–Crippen MR) is 70.7 cm³/mol. The molecule has 0 spiro atoms. The molecule has 1 aromatic carbocycles. The van der Waals surface area contributed by atoms with E-state index in [9.17, 15) is 10.1 Å². The molecule has 0 aromatic heterocycles. The second-order valence-corrected chi connectivity index (χ2v) is 5.15. The Morgan fingerprint density at radius 2 is 2.17 bits per heavy atom. The quantitative estimate of drug-likeness (QED) is 0.616. The van der Waals surface area contributed by atoms with Crippen molar-refractivity contribution in [3.05, 3.63) is 38.9 Å². The first-order valence-corrected chi connectivity index (χ1v) is 6.02. The van der Waals surface area contributed by atoms with Crippen LogP contribution in [0.2, 0.25) is 5.02 Å². The average Bonchev–Trinajstić information content (AvgIpc) is 2.27. The summed E-state index contributed by atoms with van der Waals surface area (Å²) >= 11 is 5.99. The summed E-state index contributed by atoms with van der Waals surface area (Å²) in [7, 11) is 0. The van der Waals surface area contributed by atoms with E-state index in [0.29, 0.717) is 18.0 Å². The van der Waals surface area contributed by atoms with E-state index in [1.54, 1.807) is 6.07 Å². The molecule has 2 N–H and O–H groups in total. The van der Waals surface area contributed by atoms with Crippen LogP contribution in [0.1, 0.15) is 25.8 Å². The van der Waals surface area contributed by atoms with E-state index in [2.05, 4.69) is 5.32 Å². The van der Waals surface area contributed by atoms with E-state index in [1.165, 1.54) is 12.1 Å². The van der Waals surface area contributed by atoms with Gasteiger partial charge in [-0.2, -0.15) is 0 Å². The van der Waals surface area contributed by atoms with Crippen LogP contribution >= 0.6 is 11.6 Å². The fourth-order valence-electron chi connectivity index (χ4n) is 1.50. The van der Waals surface area contributed by atoms with Gasteiger partial charge in [-0.15, -0.1) is 0 Å². The first-order valence-electron chi connectivity index (χ1n) is 5.64. The number of hydrogen-bond donors (Lipinski definition) is 2. The molecule has 0 unspecified atom stereocenters. The molecule has 5 nitrogen and oxygen atoms in total. The van der Waals surface area contributed by atoms with Gasteiger partial charge in [0.05, 0.1) is 9.95 Å². The molecule has 0 aliphatic rings. The maximum Gasteiger partial charge on any atom is 0.270 e. The van der Waals surface area contributed by atoms with Gasteiger partial charge in [-0.05, 0) is 31.9 Å². The van der Waals surface area contributed by atoms with Crippen LogP contribution in [0.3, 0.4) is 0 Å². The first-order chi connectivity index (χ1) is 8.35. The lowest BCUT2D eigenvalue weighted by molar-refractivity contribution is -0.384. The normalized spacial score (nSPS) is 11.6. The van der Waals surface area contributed by atoms with Crippen LogP contribution in [0.15, 0.2) is 18.2 Å². The molecular formula is C12H17ClN2O3. The fraction of sp³-hybridized carbons (Fsp3) is 0.500. The van der Waals surface area contributed by atoms with Crippen LogP contribution < -0.4 is 5.32 Å². The lowest BCUT2D eigenvalue weighted by atomic mass is 10.0. The van der Waals surface area contributed by atoms with Gasteiger partial charge in [0, 0.05) is 30.8 Å². The van der Waals surface area contributed by atoms with Crippen molar-refractivity contribution in [1.29, 1.82) is 0 Å². The molecule has 6 heteroatoms. The summed E-state index contributed by atoms with van der Waals surface area (Å²) in [6, 6.07) is 4.42. The van der Waals surface area contributed by atoms with Crippen molar-refractivity contribution in [3.63, 3.8) is 0 Å². The van der Waals surface area contributed by atoms with Gasteiger partial charge in [0.25, 0.3) is 5.69 Å². The minimum Gasteiger partial charge on any atom is -0.396 e. The van der Waals surface area contributed by atoms with Crippen molar-refractivity contribution in [2.24, 2.45) is 0 Å². The summed E-state index contributed by atoms with van der Waals surface area (Å²) in [6.07, 6.45) is 0.623.